The van der Waals surface area contributed by atoms with E-state index in [4.69, 9.17) is 4.42 Å². The predicted octanol–water partition coefficient (Wildman–Crippen LogP) is 3.03. The van der Waals surface area contributed by atoms with Crippen LogP contribution in [0.1, 0.15) is 39.3 Å². The third-order valence-corrected chi connectivity index (χ3v) is 6.73. The quantitative estimate of drug-likeness (QED) is 0.730. The van der Waals surface area contributed by atoms with Gasteiger partial charge in [0.25, 0.3) is 0 Å². The summed E-state index contributed by atoms with van der Waals surface area (Å²) in [7, 11) is -3.94. The molecular weight excluding hydrogens is 370 g/mol. The molecule has 8 nitrogen and oxygen atoms in total. The Labute approximate surface area is 158 Å². The van der Waals surface area contributed by atoms with Crippen molar-refractivity contribution in [3.05, 3.63) is 42.4 Å². The van der Waals surface area contributed by atoms with Crippen LogP contribution >= 0.6 is 0 Å². The lowest BCUT2D eigenvalue weighted by Gasteiger charge is -2.34. The molecular formula is C18H23N3O5S. The molecule has 1 amide bonds. The Morgan fingerprint density at radius 2 is 1.93 bits per heavy atom. The molecule has 146 valence electrons. The molecule has 1 aliphatic rings. The molecule has 0 aliphatic heterocycles. The number of aromatic nitrogens is 1. The Morgan fingerprint density at radius 3 is 2.44 bits per heavy atom. The molecule has 1 heterocycles. The van der Waals surface area contributed by atoms with E-state index in [9.17, 15) is 18.3 Å². The second-order valence-corrected chi connectivity index (χ2v) is 9.79. The normalized spacial score (nSPS) is 16.1. The lowest BCUT2D eigenvalue weighted by molar-refractivity contribution is 0.0853. The summed E-state index contributed by atoms with van der Waals surface area (Å²) in [5.41, 5.74) is 0.438. The van der Waals surface area contributed by atoms with Gasteiger partial charge in [-0.15, -0.1) is 4.83 Å². The third kappa shape index (κ3) is 3.84. The van der Waals surface area contributed by atoms with E-state index in [0.717, 1.165) is 10.6 Å². The molecule has 1 aromatic carbocycles. The lowest BCUT2D eigenvalue weighted by atomic mass is 10.1. The zero-order chi connectivity index (χ0) is 19.9. The summed E-state index contributed by atoms with van der Waals surface area (Å²) in [5, 5.41) is 10.1. The molecule has 0 spiro atoms. The Balaban J connectivity index is 1.86. The van der Waals surface area contributed by atoms with E-state index >= 15 is 0 Å². The molecule has 1 saturated carbocycles. The molecule has 3 rings (SSSR count). The second kappa shape index (κ2) is 6.65. The molecule has 0 bridgehead atoms. The maximum atomic E-state index is 13.0. The van der Waals surface area contributed by atoms with Gasteiger partial charge in [0.2, 0.25) is 10.0 Å². The molecule has 1 aromatic heterocycles. The number of hydrogen-bond donors (Lipinski definition) is 2. The van der Waals surface area contributed by atoms with E-state index < -0.39 is 26.4 Å². The first-order valence-electron chi connectivity index (χ1n) is 8.59. The number of benzene rings is 1. The van der Waals surface area contributed by atoms with Gasteiger partial charge in [0.15, 0.2) is 12.2 Å². The summed E-state index contributed by atoms with van der Waals surface area (Å²) in [6.45, 7) is 4.86. The average Bonchev–Trinajstić information content (AvgIpc) is 3.23. The van der Waals surface area contributed by atoms with Gasteiger partial charge in [-0.05, 0) is 33.6 Å². The highest BCUT2D eigenvalue weighted by Gasteiger charge is 2.56. The maximum Gasteiger partial charge on any atom is 0.423 e. The number of carboxylic acid groups (broad SMARTS) is 1. The molecule has 27 heavy (non-hydrogen) atoms. The maximum absolute atomic E-state index is 13.0. The van der Waals surface area contributed by atoms with Crippen LogP contribution in [-0.4, -0.2) is 39.9 Å². The minimum Gasteiger partial charge on any atom is -0.464 e. The van der Waals surface area contributed by atoms with Crippen molar-refractivity contribution >= 4 is 16.1 Å². The van der Waals surface area contributed by atoms with Gasteiger partial charge in [-0.1, -0.05) is 30.3 Å². The van der Waals surface area contributed by atoms with Crippen molar-refractivity contribution in [1.82, 2.24) is 14.8 Å². The Bertz CT molecular complexity index is 927. The summed E-state index contributed by atoms with van der Waals surface area (Å²) in [6, 6.07) is 9.33. The molecule has 2 aromatic rings. The first kappa shape index (κ1) is 19.4. The van der Waals surface area contributed by atoms with Crippen LogP contribution in [0.2, 0.25) is 0 Å². The largest absolute Gasteiger partial charge is 0.464 e. The van der Waals surface area contributed by atoms with Crippen molar-refractivity contribution in [2.24, 2.45) is 0 Å². The van der Waals surface area contributed by atoms with Crippen LogP contribution in [-0.2, 0) is 16.4 Å². The highest BCUT2D eigenvalue weighted by molar-refractivity contribution is 7.91. The fraction of sp³-hybridized carbons (Fsp3) is 0.444. The topological polar surface area (TPSA) is 113 Å². The zero-order valence-electron chi connectivity index (χ0n) is 15.5. The van der Waals surface area contributed by atoms with Crippen LogP contribution in [0.25, 0.3) is 11.3 Å². The van der Waals surface area contributed by atoms with Crippen LogP contribution < -0.4 is 4.83 Å². The standard InChI is InChI=1S/C18H23N3O5S/c1-17(2,3)21(16(22)23)20-27(24,25)18(9-10-18)11-14-15(26-12-19-14)13-7-5-4-6-8-13/h4-8,12,20H,9-11H2,1-3H3,(H,22,23). The molecule has 0 saturated heterocycles. The van der Waals surface area contributed by atoms with E-state index in [0.29, 0.717) is 24.3 Å². The van der Waals surface area contributed by atoms with Gasteiger partial charge in [-0.2, -0.15) is 0 Å². The number of rotatable bonds is 6. The van der Waals surface area contributed by atoms with E-state index in [-0.39, 0.29) is 6.42 Å². The molecule has 0 radical (unpaired) electrons. The van der Waals surface area contributed by atoms with E-state index in [1.807, 2.05) is 30.3 Å². The number of oxazole rings is 1. The number of sulfonamides is 1. The van der Waals surface area contributed by atoms with E-state index in [2.05, 4.69) is 9.82 Å². The second-order valence-electron chi connectivity index (χ2n) is 7.74. The van der Waals surface area contributed by atoms with Gasteiger partial charge in [0.1, 0.15) is 0 Å². The minimum absolute atomic E-state index is 0.153. The predicted molar refractivity (Wildman–Crippen MR) is 99.3 cm³/mol. The fourth-order valence-corrected chi connectivity index (χ4v) is 4.64. The molecule has 1 fully saturated rings. The zero-order valence-corrected chi connectivity index (χ0v) is 16.3. The van der Waals surface area contributed by atoms with Gasteiger partial charge in [0.05, 0.1) is 16.0 Å². The van der Waals surface area contributed by atoms with Crippen molar-refractivity contribution < 1.29 is 22.7 Å². The first-order chi connectivity index (χ1) is 12.6. The summed E-state index contributed by atoms with van der Waals surface area (Å²) in [5.74, 6) is 0.531. The van der Waals surface area contributed by atoms with Crippen LogP contribution in [0.5, 0.6) is 0 Å². The van der Waals surface area contributed by atoms with Gasteiger partial charge >= 0.3 is 6.09 Å². The summed E-state index contributed by atoms with van der Waals surface area (Å²) in [6.07, 6.45) is 0.961. The van der Waals surface area contributed by atoms with Crippen LogP contribution in [0.15, 0.2) is 41.1 Å². The fourth-order valence-electron chi connectivity index (χ4n) is 2.88. The van der Waals surface area contributed by atoms with Crippen molar-refractivity contribution in [2.45, 2.75) is 50.3 Å². The number of nitrogens with zero attached hydrogens (tertiary/aromatic N) is 2. The molecule has 0 atom stereocenters. The first-order valence-corrected chi connectivity index (χ1v) is 10.1. The molecule has 0 unspecified atom stereocenters. The van der Waals surface area contributed by atoms with Crippen molar-refractivity contribution in [3.8, 4) is 11.3 Å². The van der Waals surface area contributed by atoms with Gasteiger partial charge in [-0.3, -0.25) is 0 Å². The van der Waals surface area contributed by atoms with Gasteiger partial charge in [-0.25, -0.2) is 23.2 Å². The number of nitrogens with one attached hydrogen (secondary N) is 1. The van der Waals surface area contributed by atoms with Crippen molar-refractivity contribution in [3.63, 3.8) is 0 Å². The van der Waals surface area contributed by atoms with E-state index in [1.54, 1.807) is 20.8 Å². The summed E-state index contributed by atoms with van der Waals surface area (Å²) in [4.78, 5) is 18.0. The van der Waals surface area contributed by atoms with Crippen molar-refractivity contribution in [2.75, 3.05) is 0 Å². The third-order valence-electron chi connectivity index (χ3n) is 4.62. The van der Waals surface area contributed by atoms with Crippen LogP contribution in [0.3, 0.4) is 0 Å². The Hall–Kier alpha value is -2.39. The Kier molecular flexibility index (Phi) is 4.77. The number of hydrogen-bond acceptors (Lipinski definition) is 5. The molecule has 1 aliphatic carbocycles. The van der Waals surface area contributed by atoms with E-state index in [1.165, 1.54) is 6.39 Å². The highest BCUT2D eigenvalue weighted by atomic mass is 32.2. The number of amides is 1. The minimum atomic E-state index is -3.94. The number of hydrazine groups is 1. The van der Waals surface area contributed by atoms with Crippen molar-refractivity contribution in [1.29, 1.82) is 0 Å². The van der Waals surface area contributed by atoms with Gasteiger partial charge in [0, 0.05) is 12.0 Å². The summed E-state index contributed by atoms with van der Waals surface area (Å²) >= 11 is 0. The van der Waals surface area contributed by atoms with Crippen LogP contribution in [0.4, 0.5) is 4.79 Å². The SMILES string of the molecule is CC(C)(C)N(NS(=O)(=O)C1(Cc2ncoc2-c2ccccc2)CC1)C(=O)O. The monoisotopic (exact) mass is 393 g/mol. The summed E-state index contributed by atoms with van der Waals surface area (Å²) < 4.78 is 30.3. The highest BCUT2D eigenvalue weighted by Crippen LogP contribution is 2.47. The van der Waals surface area contributed by atoms with Crippen LogP contribution in [0, 0.1) is 0 Å². The molecule has 9 heteroatoms. The van der Waals surface area contributed by atoms with Gasteiger partial charge < -0.3 is 9.52 Å². The average molecular weight is 393 g/mol. The lowest BCUT2D eigenvalue weighted by Crippen LogP contribution is -2.57. The smallest absolute Gasteiger partial charge is 0.423 e. The Morgan fingerprint density at radius 1 is 1.30 bits per heavy atom. The number of carbonyl (C=O) groups is 1. The molecule has 2 N–H and O–H groups in total.